The summed E-state index contributed by atoms with van der Waals surface area (Å²) in [5.41, 5.74) is 5.47. The molecule has 0 saturated carbocycles. The molecule has 0 spiro atoms. The minimum Gasteiger partial charge on any atom is -0.381 e. The van der Waals surface area contributed by atoms with Gasteiger partial charge in [0.1, 0.15) is 0 Å². The summed E-state index contributed by atoms with van der Waals surface area (Å²) < 4.78 is 5.27. The third kappa shape index (κ3) is 3.22. The van der Waals surface area contributed by atoms with Crippen LogP contribution in [0.2, 0.25) is 0 Å². The molecule has 0 aromatic rings. The number of ether oxygens (including phenoxy) is 1. The summed E-state index contributed by atoms with van der Waals surface area (Å²) in [5, 5.41) is 3.13. The van der Waals surface area contributed by atoms with Gasteiger partial charge in [0.05, 0.1) is 5.54 Å². The summed E-state index contributed by atoms with van der Waals surface area (Å²) in [6.45, 7) is 6.49. The van der Waals surface area contributed by atoms with E-state index in [9.17, 15) is 4.79 Å². The molecule has 1 atom stereocenters. The van der Waals surface area contributed by atoms with E-state index in [0.717, 1.165) is 32.5 Å². The fraction of sp³-hybridized carbons (Fsp3) is 0.923. The molecule has 5 heteroatoms. The average Bonchev–Trinajstić information content (AvgIpc) is 2.40. The van der Waals surface area contributed by atoms with Crippen molar-refractivity contribution in [3.05, 3.63) is 0 Å². The van der Waals surface area contributed by atoms with Crippen molar-refractivity contribution >= 4 is 5.91 Å². The van der Waals surface area contributed by atoms with Crippen molar-refractivity contribution in [2.75, 3.05) is 32.8 Å². The normalized spacial score (nSPS) is 28.9. The van der Waals surface area contributed by atoms with E-state index >= 15 is 0 Å². The van der Waals surface area contributed by atoms with Crippen molar-refractivity contribution in [1.82, 2.24) is 10.2 Å². The predicted molar refractivity (Wildman–Crippen MR) is 70.3 cm³/mol. The Labute approximate surface area is 109 Å². The fourth-order valence-corrected chi connectivity index (χ4v) is 2.75. The van der Waals surface area contributed by atoms with Gasteiger partial charge in [-0.3, -0.25) is 4.79 Å². The van der Waals surface area contributed by atoms with Gasteiger partial charge in [-0.1, -0.05) is 6.92 Å². The van der Waals surface area contributed by atoms with Crippen molar-refractivity contribution in [2.24, 2.45) is 5.73 Å². The molecule has 3 N–H and O–H groups in total. The fourth-order valence-electron chi connectivity index (χ4n) is 2.75. The third-order valence-corrected chi connectivity index (χ3v) is 4.13. The molecule has 2 saturated heterocycles. The van der Waals surface area contributed by atoms with Crippen LogP contribution in [0.3, 0.4) is 0 Å². The number of likely N-dealkylation sites (tertiary alicyclic amines) is 1. The van der Waals surface area contributed by atoms with Crippen LogP contribution in [-0.2, 0) is 9.53 Å². The molecule has 0 aromatic heterocycles. The lowest BCUT2D eigenvalue weighted by atomic mass is 9.89. The molecule has 0 radical (unpaired) electrons. The number of nitrogens with zero attached hydrogens (tertiary/aromatic N) is 1. The van der Waals surface area contributed by atoms with Gasteiger partial charge in [0, 0.05) is 25.8 Å². The second-order valence-electron chi connectivity index (χ2n) is 5.47. The van der Waals surface area contributed by atoms with E-state index in [1.807, 2.05) is 0 Å². The minimum atomic E-state index is -0.716. The van der Waals surface area contributed by atoms with Crippen LogP contribution in [0.15, 0.2) is 0 Å². The number of hydrogen-bond donors (Lipinski definition) is 2. The first-order valence-corrected chi connectivity index (χ1v) is 7.04. The molecule has 5 nitrogen and oxygen atoms in total. The molecular weight excluding hydrogens is 230 g/mol. The lowest BCUT2D eigenvalue weighted by Crippen LogP contribution is -2.60. The van der Waals surface area contributed by atoms with Gasteiger partial charge < -0.3 is 20.7 Å². The van der Waals surface area contributed by atoms with Gasteiger partial charge in [0.25, 0.3) is 0 Å². The Morgan fingerprint density at radius 1 is 1.50 bits per heavy atom. The van der Waals surface area contributed by atoms with Gasteiger partial charge in [0.2, 0.25) is 5.91 Å². The molecule has 1 amide bonds. The first-order chi connectivity index (χ1) is 8.64. The number of carbonyl (C=O) groups is 1. The first-order valence-electron chi connectivity index (χ1n) is 7.04. The van der Waals surface area contributed by atoms with E-state index in [2.05, 4.69) is 17.1 Å². The quantitative estimate of drug-likeness (QED) is 0.750. The van der Waals surface area contributed by atoms with E-state index in [1.54, 1.807) is 0 Å². The predicted octanol–water partition coefficient (Wildman–Crippen LogP) is 0.0948. The highest BCUT2D eigenvalue weighted by molar-refractivity contribution is 5.86. The van der Waals surface area contributed by atoms with E-state index < -0.39 is 5.54 Å². The summed E-state index contributed by atoms with van der Waals surface area (Å²) in [7, 11) is 0. The van der Waals surface area contributed by atoms with Crippen LogP contribution in [0.4, 0.5) is 0 Å². The molecule has 0 aromatic carbocycles. The van der Waals surface area contributed by atoms with Crippen molar-refractivity contribution in [1.29, 1.82) is 0 Å². The molecule has 18 heavy (non-hydrogen) atoms. The average molecular weight is 255 g/mol. The number of carbonyl (C=O) groups excluding carboxylic acids is 1. The number of nitrogens with one attached hydrogen (secondary N) is 1. The largest absolute Gasteiger partial charge is 0.381 e. The lowest BCUT2D eigenvalue weighted by molar-refractivity contribution is -0.130. The van der Waals surface area contributed by atoms with Crippen LogP contribution in [0.5, 0.6) is 0 Å². The zero-order chi connectivity index (χ0) is 13.0. The van der Waals surface area contributed by atoms with Gasteiger partial charge in [-0.05, 0) is 38.8 Å². The van der Waals surface area contributed by atoms with E-state index in [-0.39, 0.29) is 11.9 Å². The number of rotatable bonds is 3. The number of piperidine rings is 1. The second-order valence-corrected chi connectivity index (χ2v) is 5.47. The maximum absolute atomic E-state index is 12.3. The Hall–Kier alpha value is -0.650. The van der Waals surface area contributed by atoms with Crippen molar-refractivity contribution in [2.45, 2.75) is 44.2 Å². The van der Waals surface area contributed by atoms with Gasteiger partial charge in [-0.2, -0.15) is 0 Å². The summed E-state index contributed by atoms with van der Waals surface area (Å²) in [4.78, 5) is 14.6. The zero-order valence-corrected chi connectivity index (χ0v) is 11.3. The molecule has 2 aliphatic rings. The highest BCUT2D eigenvalue weighted by atomic mass is 16.5. The molecule has 2 rings (SSSR count). The number of amides is 1. The summed E-state index contributed by atoms with van der Waals surface area (Å²) in [5.74, 6) is 0.00810. The summed E-state index contributed by atoms with van der Waals surface area (Å²) in [6.07, 6.45) is 3.47. The van der Waals surface area contributed by atoms with Crippen molar-refractivity contribution in [3.63, 3.8) is 0 Å². The van der Waals surface area contributed by atoms with Crippen LogP contribution in [0.1, 0.15) is 32.6 Å². The molecule has 1 unspecified atom stereocenters. The van der Waals surface area contributed by atoms with Crippen LogP contribution >= 0.6 is 0 Å². The number of likely N-dealkylation sites (N-methyl/N-ethyl adjacent to an activating group) is 1. The lowest BCUT2D eigenvalue weighted by Gasteiger charge is -2.36. The van der Waals surface area contributed by atoms with Gasteiger partial charge >= 0.3 is 0 Å². The standard InChI is InChI=1S/C13H25N3O2/c1-2-16-7-3-4-11(10-16)15-12(17)13(14)5-8-18-9-6-13/h11H,2-10,14H2,1H3,(H,15,17). The van der Waals surface area contributed by atoms with Crippen LogP contribution < -0.4 is 11.1 Å². The summed E-state index contributed by atoms with van der Waals surface area (Å²) >= 11 is 0. The second kappa shape index (κ2) is 5.99. The Bertz CT molecular complexity index is 290. The monoisotopic (exact) mass is 255 g/mol. The minimum absolute atomic E-state index is 0.00810. The third-order valence-electron chi connectivity index (χ3n) is 4.13. The molecule has 0 aliphatic carbocycles. The summed E-state index contributed by atoms with van der Waals surface area (Å²) in [6, 6.07) is 0.259. The van der Waals surface area contributed by atoms with E-state index in [4.69, 9.17) is 10.5 Å². The Balaban J connectivity index is 1.86. The SMILES string of the molecule is CCN1CCCC(NC(=O)C2(N)CCOCC2)C1. The maximum atomic E-state index is 12.3. The molecule has 2 heterocycles. The maximum Gasteiger partial charge on any atom is 0.240 e. The number of nitrogens with two attached hydrogens (primary N) is 1. The van der Waals surface area contributed by atoms with Crippen molar-refractivity contribution < 1.29 is 9.53 Å². The van der Waals surface area contributed by atoms with Gasteiger partial charge in [-0.25, -0.2) is 0 Å². The number of hydrogen-bond acceptors (Lipinski definition) is 4. The highest BCUT2D eigenvalue weighted by Crippen LogP contribution is 2.19. The van der Waals surface area contributed by atoms with Crippen molar-refractivity contribution in [3.8, 4) is 0 Å². The van der Waals surface area contributed by atoms with Crippen LogP contribution in [0.25, 0.3) is 0 Å². The van der Waals surface area contributed by atoms with E-state index in [1.165, 1.54) is 0 Å². The highest BCUT2D eigenvalue weighted by Gasteiger charge is 2.37. The molecule has 2 aliphatic heterocycles. The molecule has 104 valence electrons. The Morgan fingerprint density at radius 3 is 2.89 bits per heavy atom. The Morgan fingerprint density at radius 2 is 2.22 bits per heavy atom. The Kier molecular flexibility index (Phi) is 4.59. The molecule has 2 fully saturated rings. The van der Waals surface area contributed by atoms with E-state index in [0.29, 0.717) is 26.1 Å². The molecule has 0 bridgehead atoms. The zero-order valence-electron chi connectivity index (χ0n) is 11.3. The van der Waals surface area contributed by atoms with Crippen LogP contribution in [0, 0.1) is 0 Å². The van der Waals surface area contributed by atoms with Crippen LogP contribution in [-0.4, -0.2) is 55.2 Å². The van der Waals surface area contributed by atoms with Gasteiger partial charge in [-0.15, -0.1) is 0 Å². The molecular formula is C13H25N3O2. The topological polar surface area (TPSA) is 67.6 Å². The van der Waals surface area contributed by atoms with Gasteiger partial charge in [0.15, 0.2) is 0 Å². The smallest absolute Gasteiger partial charge is 0.240 e. The first kappa shape index (κ1) is 13.8.